The summed E-state index contributed by atoms with van der Waals surface area (Å²) in [5, 5.41) is 7.09. The predicted octanol–water partition coefficient (Wildman–Crippen LogP) is 2.64. The van der Waals surface area contributed by atoms with Gasteiger partial charge < -0.3 is 4.74 Å². The van der Waals surface area contributed by atoms with Gasteiger partial charge in [0.25, 0.3) is 5.91 Å². The summed E-state index contributed by atoms with van der Waals surface area (Å²) in [6, 6.07) is 4.54. The molecule has 17 heavy (non-hydrogen) atoms. The molecular formula is C12H11FN2O2. The number of halogens is 1. The Balaban J connectivity index is 2.26. The van der Waals surface area contributed by atoms with Gasteiger partial charge in [-0.2, -0.15) is 5.11 Å². The van der Waals surface area contributed by atoms with E-state index in [4.69, 9.17) is 4.74 Å². The summed E-state index contributed by atoms with van der Waals surface area (Å²) in [4.78, 5) is 11.4. The summed E-state index contributed by atoms with van der Waals surface area (Å²) in [5.74, 6) is -0.342. The molecule has 1 aromatic carbocycles. The van der Waals surface area contributed by atoms with Crippen LogP contribution in [0.3, 0.4) is 0 Å². The van der Waals surface area contributed by atoms with Gasteiger partial charge in [0.05, 0.1) is 12.8 Å². The zero-order chi connectivity index (χ0) is 12.4. The Hall–Kier alpha value is -2.04. The van der Waals surface area contributed by atoms with Crippen molar-refractivity contribution in [3.8, 4) is 5.75 Å². The first-order valence-corrected chi connectivity index (χ1v) is 5.10. The average Bonchev–Trinajstić information content (AvgIpc) is 2.63. The fourth-order valence-electron chi connectivity index (χ4n) is 1.59. The van der Waals surface area contributed by atoms with Crippen LogP contribution >= 0.6 is 0 Å². The Labute approximate surface area is 97.8 Å². The number of nitrogens with zero attached hydrogens (tertiary/aromatic N) is 2. The number of azo groups is 1. The molecule has 1 aromatic rings. The molecule has 0 aromatic heterocycles. The van der Waals surface area contributed by atoms with Gasteiger partial charge >= 0.3 is 0 Å². The molecule has 0 radical (unpaired) electrons. The monoisotopic (exact) mass is 234 g/mol. The lowest BCUT2D eigenvalue weighted by molar-refractivity contribution is -0.114. The fourth-order valence-corrected chi connectivity index (χ4v) is 1.59. The zero-order valence-corrected chi connectivity index (χ0v) is 9.53. The number of carbonyl (C=O) groups is 1. The van der Waals surface area contributed by atoms with Crippen LogP contribution in [0.5, 0.6) is 5.75 Å². The first-order chi connectivity index (χ1) is 8.11. The molecule has 0 unspecified atom stereocenters. The van der Waals surface area contributed by atoms with E-state index in [-0.39, 0.29) is 6.42 Å². The second-order valence-electron chi connectivity index (χ2n) is 3.70. The van der Waals surface area contributed by atoms with Gasteiger partial charge in [0, 0.05) is 18.1 Å². The molecule has 4 nitrogen and oxygen atoms in total. The Morgan fingerprint density at radius 1 is 1.35 bits per heavy atom. The average molecular weight is 234 g/mol. The van der Waals surface area contributed by atoms with Crippen LogP contribution in [0.25, 0.3) is 0 Å². The normalized spacial score (nSPS) is 14.6. The number of ether oxygens (including phenoxy) is 1. The largest absolute Gasteiger partial charge is 0.497 e. The molecule has 0 N–H and O–H groups in total. The van der Waals surface area contributed by atoms with Crippen LogP contribution in [0.15, 0.2) is 39.7 Å². The van der Waals surface area contributed by atoms with E-state index in [1.807, 2.05) is 0 Å². The minimum atomic E-state index is -0.399. The van der Waals surface area contributed by atoms with Crippen LogP contribution in [0.4, 0.5) is 4.39 Å². The molecule has 0 aliphatic carbocycles. The number of amides is 1. The summed E-state index contributed by atoms with van der Waals surface area (Å²) >= 11 is 0. The third-order valence-corrected chi connectivity index (χ3v) is 2.61. The Morgan fingerprint density at radius 3 is 2.65 bits per heavy atom. The molecule has 1 aliphatic heterocycles. The van der Waals surface area contributed by atoms with E-state index in [1.165, 1.54) is 13.2 Å². The predicted molar refractivity (Wildman–Crippen MR) is 59.2 cm³/mol. The number of methoxy groups -OCH3 is 1. The lowest BCUT2D eigenvalue weighted by Crippen LogP contribution is -2.02. The molecule has 1 amide bonds. The minimum Gasteiger partial charge on any atom is -0.497 e. The molecule has 0 fully saturated rings. The van der Waals surface area contributed by atoms with Crippen molar-refractivity contribution in [2.24, 2.45) is 10.2 Å². The van der Waals surface area contributed by atoms with Crippen molar-refractivity contribution in [1.29, 1.82) is 0 Å². The molecule has 2 rings (SSSR count). The summed E-state index contributed by atoms with van der Waals surface area (Å²) in [7, 11) is 1.47. The maximum Gasteiger partial charge on any atom is 0.293 e. The van der Waals surface area contributed by atoms with Crippen molar-refractivity contribution in [3.63, 3.8) is 0 Å². The third kappa shape index (κ3) is 2.22. The fraction of sp³-hybridized carbons (Fsp3) is 0.250. The van der Waals surface area contributed by atoms with E-state index in [1.54, 1.807) is 19.1 Å². The highest BCUT2D eigenvalue weighted by Crippen LogP contribution is 2.23. The molecule has 0 bridgehead atoms. The van der Waals surface area contributed by atoms with Gasteiger partial charge in [0.1, 0.15) is 11.6 Å². The summed E-state index contributed by atoms with van der Waals surface area (Å²) in [6.45, 7) is 1.69. The highest BCUT2D eigenvalue weighted by Gasteiger charge is 2.20. The van der Waals surface area contributed by atoms with Crippen LogP contribution in [-0.4, -0.2) is 13.0 Å². The summed E-state index contributed by atoms with van der Waals surface area (Å²) in [6.07, 6.45) is 0.202. The summed E-state index contributed by atoms with van der Waals surface area (Å²) in [5.41, 5.74) is 1.42. The first-order valence-electron chi connectivity index (χ1n) is 5.10. The molecule has 0 atom stereocenters. The van der Waals surface area contributed by atoms with Crippen LogP contribution in [0, 0.1) is 5.82 Å². The van der Waals surface area contributed by atoms with Crippen LogP contribution in [-0.2, 0) is 11.2 Å². The summed E-state index contributed by atoms with van der Waals surface area (Å²) < 4.78 is 18.6. The van der Waals surface area contributed by atoms with Gasteiger partial charge in [-0.1, -0.05) is 6.07 Å². The maximum absolute atomic E-state index is 13.7. The van der Waals surface area contributed by atoms with E-state index < -0.39 is 11.7 Å². The number of hydrogen-bond acceptors (Lipinski definition) is 3. The van der Waals surface area contributed by atoms with Crippen LogP contribution in [0.1, 0.15) is 12.5 Å². The van der Waals surface area contributed by atoms with Gasteiger partial charge in [-0.25, -0.2) is 4.39 Å². The van der Waals surface area contributed by atoms with E-state index in [9.17, 15) is 9.18 Å². The van der Waals surface area contributed by atoms with Gasteiger partial charge in [-0.05, 0) is 18.6 Å². The maximum atomic E-state index is 13.7. The SMILES string of the molecule is COc1ccc(CC2=C(C)N=NC2=O)c(F)c1. The second kappa shape index (κ2) is 4.45. The smallest absolute Gasteiger partial charge is 0.293 e. The van der Waals surface area contributed by atoms with Crippen molar-refractivity contribution < 1.29 is 13.9 Å². The topological polar surface area (TPSA) is 51.0 Å². The lowest BCUT2D eigenvalue weighted by atomic mass is 10.0. The molecule has 0 saturated carbocycles. The number of hydrogen-bond donors (Lipinski definition) is 0. The highest BCUT2D eigenvalue weighted by atomic mass is 19.1. The van der Waals surface area contributed by atoms with E-state index in [2.05, 4.69) is 10.2 Å². The molecule has 0 saturated heterocycles. The van der Waals surface area contributed by atoms with Crippen LogP contribution < -0.4 is 4.74 Å². The van der Waals surface area contributed by atoms with Crippen molar-refractivity contribution in [2.45, 2.75) is 13.3 Å². The molecule has 5 heteroatoms. The molecule has 1 heterocycles. The van der Waals surface area contributed by atoms with E-state index in [0.717, 1.165) is 0 Å². The van der Waals surface area contributed by atoms with Gasteiger partial charge in [0.15, 0.2) is 0 Å². The van der Waals surface area contributed by atoms with E-state index in [0.29, 0.717) is 22.6 Å². The van der Waals surface area contributed by atoms with Gasteiger partial charge in [-0.15, -0.1) is 5.11 Å². The van der Waals surface area contributed by atoms with Crippen molar-refractivity contribution in [1.82, 2.24) is 0 Å². The van der Waals surface area contributed by atoms with Gasteiger partial charge in [-0.3, -0.25) is 4.79 Å². The standard InChI is InChI=1S/C12H11FN2O2/c1-7-10(12(16)15-14-7)5-8-3-4-9(17-2)6-11(8)13/h3-4,6H,5H2,1-2H3. The highest BCUT2D eigenvalue weighted by molar-refractivity contribution is 5.96. The first kappa shape index (κ1) is 11.4. The Kier molecular flexibility index (Phi) is 2.99. The number of carbonyl (C=O) groups excluding carboxylic acids is 1. The number of rotatable bonds is 3. The molecular weight excluding hydrogens is 223 g/mol. The minimum absolute atomic E-state index is 0.202. The molecule has 88 valence electrons. The third-order valence-electron chi connectivity index (χ3n) is 2.61. The molecule has 0 spiro atoms. The Morgan fingerprint density at radius 2 is 2.12 bits per heavy atom. The van der Waals surface area contributed by atoms with Crippen molar-refractivity contribution in [2.75, 3.05) is 7.11 Å². The lowest BCUT2D eigenvalue weighted by Gasteiger charge is -2.05. The quantitative estimate of drug-likeness (QED) is 0.807. The van der Waals surface area contributed by atoms with Crippen LogP contribution in [0.2, 0.25) is 0 Å². The Bertz CT molecular complexity index is 535. The second-order valence-corrected chi connectivity index (χ2v) is 3.70. The number of allylic oxidation sites excluding steroid dienone is 1. The number of benzene rings is 1. The van der Waals surface area contributed by atoms with E-state index >= 15 is 0 Å². The zero-order valence-electron chi connectivity index (χ0n) is 9.53. The van der Waals surface area contributed by atoms with Crippen molar-refractivity contribution >= 4 is 5.91 Å². The van der Waals surface area contributed by atoms with Crippen molar-refractivity contribution in [3.05, 3.63) is 40.8 Å². The molecule has 1 aliphatic rings. The van der Waals surface area contributed by atoms with Gasteiger partial charge in [0.2, 0.25) is 0 Å².